The van der Waals surface area contributed by atoms with Crippen molar-refractivity contribution >= 4 is 11.6 Å². The van der Waals surface area contributed by atoms with E-state index in [9.17, 15) is 0 Å². The maximum Gasteiger partial charge on any atom is 0.0336 e. The minimum absolute atomic E-state index is 0.447. The summed E-state index contributed by atoms with van der Waals surface area (Å²) in [7, 11) is 0. The van der Waals surface area contributed by atoms with Crippen molar-refractivity contribution in [3.63, 3.8) is 0 Å². The molecule has 0 nitrogen and oxygen atoms in total. The van der Waals surface area contributed by atoms with E-state index in [1.54, 1.807) is 0 Å². The Bertz CT molecular complexity index is 145. The molecule has 0 N–H and O–H groups in total. The fraction of sp³-hybridized carbons (Fsp3) is 1.00. The third-order valence-corrected chi connectivity index (χ3v) is 4.18. The van der Waals surface area contributed by atoms with Gasteiger partial charge in [-0.05, 0) is 12.8 Å². The van der Waals surface area contributed by atoms with Gasteiger partial charge < -0.3 is 0 Å². The summed E-state index contributed by atoms with van der Waals surface area (Å²) in [5.41, 5.74) is 0. The van der Waals surface area contributed by atoms with E-state index in [1.165, 1.54) is 89.9 Å². The molecule has 0 aromatic rings. The summed E-state index contributed by atoms with van der Waals surface area (Å²) in [4.78, 5) is 0. The van der Waals surface area contributed by atoms with Gasteiger partial charge in [0.15, 0.2) is 0 Å². The fourth-order valence-electron chi connectivity index (χ4n) is 2.44. The zero-order chi connectivity index (χ0) is 13.5. The van der Waals surface area contributed by atoms with Crippen LogP contribution in [-0.2, 0) is 0 Å². The highest BCUT2D eigenvalue weighted by atomic mass is 35.5. The Morgan fingerprint density at radius 2 is 0.889 bits per heavy atom. The Morgan fingerprint density at radius 3 is 1.28 bits per heavy atom. The summed E-state index contributed by atoms with van der Waals surface area (Å²) in [6.07, 6.45) is 19.1. The molecule has 0 aromatic carbocycles. The summed E-state index contributed by atoms with van der Waals surface area (Å²) in [5.74, 6) is 0. The van der Waals surface area contributed by atoms with Crippen LogP contribution >= 0.6 is 11.6 Å². The van der Waals surface area contributed by atoms with Gasteiger partial charge in [-0.3, -0.25) is 0 Å². The van der Waals surface area contributed by atoms with Crippen molar-refractivity contribution in [2.75, 3.05) is 0 Å². The lowest BCUT2D eigenvalue weighted by atomic mass is 10.0. The zero-order valence-corrected chi connectivity index (χ0v) is 13.6. The topological polar surface area (TPSA) is 0 Å². The van der Waals surface area contributed by atoms with Crippen LogP contribution in [-0.4, -0.2) is 5.38 Å². The number of unbranched alkanes of at least 4 members (excludes halogenated alkanes) is 10. The first-order valence-electron chi connectivity index (χ1n) is 8.45. The van der Waals surface area contributed by atoms with Gasteiger partial charge in [-0.15, -0.1) is 11.6 Å². The average Bonchev–Trinajstić information content (AvgIpc) is 2.37. The molecular weight excluding hydrogens is 240 g/mol. The molecule has 0 heterocycles. The molecule has 0 fully saturated rings. The van der Waals surface area contributed by atoms with E-state index in [4.69, 9.17) is 11.6 Å². The highest BCUT2D eigenvalue weighted by Gasteiger charge is 2.03. The van der Waals surface area contributed by atoms with E-state index in [1.807, 2.05) is 0 Å². The number of alkyl halides is 1. The van der Waals surface area contributed by atoms with Crippen molar-refractivity contribution in [3.8, 4) is 0 Å². The van der Waals surface area contributed by atoms with Crippen molar-refractivity contribution in [1.29, 1.82) is 0 Å². The van der Waals surface area contributed by atoms with Gasteiger partial charge >= 0.3 is 0 Å². The first-order valence-corrected chi connectivity index (χ1v) is 8.89. The second-order valence-electron chi connectivity index (χ2n) is 5.71. The van der Waals surface area contributed by atoms with E-state index in [2.05, 4.69) is 13.8 Å². The Hall–Kier alpha value is 0.290. The minimum atomic E-state index is 0.447. The van der Waals surface area contributed by atoms with Crippen LogP contribution in [0.15, 0.2) is 0 Å². The molecule has 110 valence electrons. The van der Waals surface area contributed by atoms with Crippen LogP contribution in [0.3, 0.4) is 0 Å². The molecule has 0 aliphatic heterocycles. The molecule has 0 aromatic heterocycles. The lowest BCUT2D eigenvalue weighted by molar-refractivity contribution is 0.539. The van der Waals surface area contributed by atoms with Crippen LogP contribution in [0.2, 0.25) is 0 Å². The monoisotopic (exact) mass is 274 g/mol. The lowest BCUT2D eigenvalue weighted by Crippen LogP contribution is -1.98. The first-order chi connectivity index (χ1) is 8.81. The molecule has 0 saturated heterocycles. The van der Waals surface area contributed by atoms with Crippen LogP contribution in [0.4, 0.5) is 0 Å². The van der Waals surface area contributed by atoms with Gasteiger partial charge in [0.1, 0.15) is 0 Å². The normalized spacial score (nSPS) is 12.8. The van der Waals surface area contributed by atoms with Crippen LogP contribution in [0.1, 0.15) is 104 Å². The molecule has 0 rings (SSSR count). The van der Waals surface area contributed by atoms with Crippen molar-refractivity contribution in [2.24, 2.45) is 0 Å². The van der Waals surface area contributed by atoms with E-state index in [0.717, 1.165) is 0 Å². The second-order valence-corrected chi connectivity index (χ2v) is 6.33. The van der Waals surface area contributed by atoms with Gasteiger partial charge in [0.05, 0.1) is 0 Å². The van der Waals surface area contributed by atoms with Crippen LogP contribution in [0.25, 0.3) is 0 Å². The number of rotatable bonds is 14. The molecule has 0 aliphatic carbocycles. The SMILES string of the molecule is CCCCCCCCCC(Cl)CCCCCCC. The van der Waals surface area contributed by atoms with Crippen molar-refractivity contribution in [2.45, 2.75) is 109 Å². The molecule has 0 amide bonds. The molecule has 18 heavy (non-hydrogen) atoms. The molecule has 0 radical (unpaired) electrons. The standard InChI is InChI=1S/C17H35Cl/c1-3-5-7-9-10-12-14-16-17(18)15-13-11-8-6-4-2/h17H,3-16H2,1-2H3. The maximum atomic E-state index is 6.36. The smallest absolute Gasteiger partial charge is 0.0336 e. The molecule has 0 saturated carbocycles. The Balaban J connectivity index is 3.09. The molecule has 0 aliphatic rings. The number of hydrogen-bond donors (Lipinski definition) is 0. The zero-order valence-electron chi connectivity index (χ0n) is 12.9. The highest BCUT2D eigenvalue weighted by molar-refractivity contribution is 6.20. The number of halogens is 1. The van der Waals surface area contributed by atoms with Crippen molar-refractivity contribution in [3.05, 3.63) is 0 Å². The Kier molecular flexibility index (Phi) is 15.6. The quantitative estimate of drug-likeness (QED) is 0.234. The number of hydrogen-bond acceptors (Lipinski definition) is 0. The van der Waals surface area contributed by atoms with Gasteiger partial charge in [0, 0.05) is 5.38 Å². The predicted molar refractivity (Wildman–Crippen MR) is 85.6 cm³/mol. The lowest BCUT2D eigenvalue weighted by Gasteiger charge is -2.09. The van der Waals surface area contributed by atoms with E-state index >= 15 is 0 Å². The molecule has 1 unspecified atom stereocenters. The summed E-state index contributed by atoms with van der Waals surface area (Å²) in [5, 5.41) is 0.447. The van der Waals surface area contributed by atoms with Crippen LogP contribution in [0.5, 0.6) is 0 Å². The minimum Gasteiger partial charge on any atom is -0.123 e. The van der Waals surface area contributed by atoms with E-state index in [0.29, 0.717) is 5.38 Å². The Labute approximate surface area is 121 Å². The molecule has 0 bridgehead atoms. The summed E-state index contributed by atoms with van der Waals surface area (Å²) in [6, 6.07) is 0. The fourth-order valence-corrected chi connectivity index (χ4v) is 2.75. The maximum absolute atomic E-state index is 6.36. The van der Waals surface area contributed by atoms with Gasteiger partial charge in [-0.1, -0.05) is 90.9 Å². The largest absolute Gasteiger partial charge is 0.123 e. The van der Waals surface area contributed by atoms with Crippen LogP contribution < -0.4 is 0 Å². The molecule has 1 heteroatoms. The summed E-state index contributed by atoms with van der Waals surface area (Å²) >= 11 is 6.36. The van der Waals surface area contributed by atoms with Gasteiger partial charge in [-0.25, -0.2) is 0 Å². The van der Waals surface area contributed by atoms with Crippen molar-refractivity contribution < 1.29 is 0 Å². The average molecular weight is 275 g/mol. The second kappa shape index (κ2) is 15.3. The molecule has 0 spiro atoms. The first kappa shape index (κ1) is 18.3. The van der Waals surface area contributed by atoms with E-state index < -0.39 is 0 Å². The van der Waals surface area contributed by atoms with E-state index in [-0.39, 0.29) is 0 Å². The van der Waals surface area contributed by atoms with Gasteiger partial charge in [0.2, 0.25) is 0 Å². The van der Waals surface area contributed by atoms with Gasteiger partial charge in [-0.2, -0.15) is 0 Å². The molecule has 1 atom stereocenters. The third-order valence-electron chi connectivity index (χ3n) is 3.74. The Morgan fingerprint density at radius 1 is 0.556 bits per heavy atom. The third kappa shape index (κ3) is 14.4. The summed E-state index contributed by atoms with van der Waals surface area (Å²) < 4.78 is 0. The van der Waals surface area contributed by atoms with Crippen LogP contribution in [0, 0.1) is 0 Å². The highest BCUT2D eigenvalue weighted by Crippen LogP contribution is 2.17. The van der Waals surface area contributed by atoms with Crippen molar-refractivity contribution in [1.82, 2.24) is 0 Å². The predicted octanol–water partition coefficient (Wildman–Crippen LogP) is 7.10. The summed E-state index contributed by atoms with van der Waals surface area (Å²) in [6.45, 7) is 4.55. The van der Waals surface area contributed by atoms with Gasteiger partial charge in [0.25, 0.3) is 0 Å². The molecular formula is C17H35Cl.